The van der Waals surface area contributed by atoms with Crippen molar-refractivity contribution in [2.75, 3.05) is 0 Å². The van der Waals surface area contributed by atoms with E-state index in [2.05, 4.69) is 41.9 Å². The number of rotatable bonds is 2. The Labute approximate surface area is 115 Å². The quantitative estimate of drug-likeness (QED) is 0.888. The van der Waals surface area contributed by atoms with Crippen LogP contribution in [0, 0.1) is 5.41 Å². The second-order valence-electron chi connectivity index (χ2n) is 5.49. The van der Waals surface area contributed by atoms with Crippen LogP contribution in [0.5, 0.6) is 0 Å². The van der Waals surface area contributed by atoms with Gasteiger partial charge >= 0.3 is 0 Å². The standard InChI is InChI=1S/C15H17BrO2/c1-3-15(2)11(8-14(15)17)13-7-9-6-10(16)4-5-12(9)18-13/h4-7,11,14,17H,3,8H2,1-2H3. The van der Waals surface area contributed by atoms with E-state index in [0.717, 1.165) is 34.0 Å². The summed E-state index contributed by atoms with van der Waals surface area (Å²) in [5, 5.41) is 11.1. The highest BCUT2D eigenvalue weighted by Crippen LogP contribution is 2.55. The lowest BCUT2D eigenvalue weighted by atomic mass is 9.57. The first-order chi connectivity index (χ1) is 8.54. The van der Waals surface area contributed by atoms with E-state index >= 15 is 0 Å². The number of aliphatic hydroxyl groups is 1. The number of hydrogen-bond acceptors (Lipinski definition) is 2. The smallest absolute Gasteiger partial charge is 0.134 e. The van der Waals surface area contributed by atoms with Crippen molar-refractivity contribution >= 4 is 26.9 Å². The Bertz CT molecular complexity index is 589. The molecule has 1 N–H and O–H groups in total. The minimum atomic E-state index is -0.201. The molecule has 3 heteroatoms. The predicted octanol–water partition coefficient (Wildman–Crippen LogP) is 4.46. The van der Waals surface area contributed by atoms with Crippen LogP contribution in [0.15, 0.2) is 33.2 Å². The largest absolute Gasteiger partial charge is 0.461 e. The van der Waals surface area contributed by atoms with Gasteiger partial charge in [-0.15, -0.1) is 0 Å². The van der Waals surface area contributed by atoms with Crippen molar-refractivity contribution in [1.82, 2.24) is 0 Å². The van der Waals surface area contributed by atoms with Crippen LogP contribution in [0.2, 0.25) is 0 Å². The van der Waals surface area contributed by atoms with E-state index < -0.39 is 0 Å². The predicted molar refractivity (Wildman–Crippen MR) is 75.7 cm³/mol. The van der Waals surface area contributed by atoms with Crippen LogP contribution < -0.4 is 0 Å². The molecule has 1 heterocycles. The van der Waals surface area contributed by atoms with Crippen LogP contribution in [0.4, 0.5) is 0 Å². The van der Waals surface area contributed by atoms with E-state index in [0.29, 0.717) is 5.92 Å². The summed E-state index contributed by atoms with van der Waals surface area (Å²) < 4.78 is 7.00. The van der Waals surface area contributed by atoms with Gasteiger partial charge in [-0.1, -0.05) is 29.8 Å². The van der Waals surface area contributed by atoms with Gasteiger partial charge in [0.1, 0.15) is 11.3 Å². The molecule has 3 atom stereocenters. The number of fused-ring (bicyclic) bond motifs is 1. The third kappa shape index (κ3) is 1.64. The van der Waals surface area contributed by atoms with Crippen LogP contribution >= 0.6 is 15.9 Å². The van der Waals surface area contributed by atoms with Gasteiger partial charge < -0.3 is 9.52 Å². The van der Waals surface area contributed by atoms with E-state index in [-0.39, 0.29) is 11.5 Å². The topological polar surface area (TPSA) is 33.4 Å². The Morgan fingerprint density at radius 3 is 2.89 bits per heavy atom. The molecule has 1 fully saturated rings. The Balaban J connectivity index is 2.01. The molecule has 3 unspecified atom stereocenters. The highest BCUT2D eigenvalue weighted by atomic mass is 79.9. The first kappa shape index (κ1) is 12.2. The van der Waals surface area contributed by atoms with Gasteiger partial charge in [0.25, 0.3) is 0 Å². The summed E-state index contributed by atoms with van der Waals surface area (Å²) in [5.41, 5.74) is 0.888. The summed E-state index contributed by atoms with van der Waals surface area (Å²) in [6.07, 6.45) is 1.58. The number of aliphatic hydroxyl groups excluding tert-OH is 1. The second-order valence-corrected chi connectivity index (χ2v) is 6.41. The van der Waals surface area contributed by atoms with E-state index in [4.69, 9.17) is 4.42 Å². The maximum absolute atomic E-state index is 9.97. The minimum Gasteiger partial charge on any atom is -0.461 e. The number of hydrogen-bond donors (Lipinski definition) is 1. The van der Waals surface area contributed by atoms with Crippen molar-refractivity contribution in [1.29, 1.82) is 0 Å². The summed E-state index contributed by atoms with van der Waals surface area (Å²) in [7, 11) is 0. The minimum absolute atomic E-state index is 0.0366. The number of furan rings is 1. The van der Waals surface area contributed by atoms with Crippen LogP contribution in [-0.4, -0.2) is 11.2 Å². The van der Waals surface area contributed by atoms with Gasteiger partial charge in [0.05, 0.1) is 6.10 Å². The highest BCUT2D eigenvalue weighted by Gasteiger charge is 2.51. The molecule has 0 saturated heterocycles. The molecule has 2 aromatic rings. The van der Waals surface area contributed by atoms with Crippen molar-refractivity contribution in [3.05, 3.63) is 34.5 Å². The van der Waals surface area contributed by atoms with Crippen molar-refractivity contribution in [2.24, 2.45) is 5.41 Å². The summed E-state index contributed by atoms with van der Waals surface area (Å²) in [6.45, 7) is 4.28. The molecular weight excluding hydrogens is 292 g/mol. The van der Waals surface area contributed by atoms with Gasteiger partial charge in [-0.05, 0) is 37.1 Å². The van der Waals surface area contributed by atoms with Gasteiger partial charge in [-0.2, -0.15) is 0 Å². The van der Waals surface area contributed by atoms with Gasteiger partial charge in [0, 0.05) is 21.2 Å². The molecule has 1 aromatic heterocycles. The molecule has 0 bridgehead atoms. The molecule has 0 radical (unpaired) electrons. The zero-order chi connectivity index (χ0) is 12.9. The SMILES string of the molecule is CCC1(C)C(O)CC1c1cc2cc(Br)ccc2o1. The molecule has 1 aliphatic carbocycles. The zero-order valence-corrected chi connectivity index (χ0v) is 12.2. The van der Waals surface area contributed by atoms with Crippen molar-refractivity contribution < 1.29 is 9.52 Å². The van der Waals surface area contributed by atoms with Crippen LogP contribution in [0.1, 0.15) is 38.4 Å². The van der Waals surface area contributed by atoms with Crippen molar-refractivity contribution in [2.45, 2.75) is 38.7 Å². The molecule has 0 aliphatic heterocycles. The van der Waals surface area contributed by atoms with Crippen molar-refractivity contribution in [3.63, 3.8) is 0 Å². The molecule has 3 rings (SSSR count). The number of halogens is 1. The normalized spacial score (nSPS) is 31.6. The third-order valence-corrected chi connectivity index (χ3v) is 5.11. The van der Waals surface area contributed by atoms with E-state index in [1.165, 1.54) is 0 Å². The molecule has 1 aromatic carbocycles. The van der Waals surface area contributed by atoms with Crippen molar-refractivity contribution in [3.8, 4) is 0 Å². The van der Waals surface area contributed by atoms with Crippen LogP contribution in [0.25, 0.3) is 11.0 Å². The lowest BCUT2D eigenvalue weighted by Gasteiger charge is -2.50. The lowest BCUT2D eigenvalue weighted by Crippen LogP contribution is -2.48. The molecule has 0 spiro atoms. The van der Waals surface area contributed by atoms with E-state index in [1.54, 1.807) is 0 Å². The first-order valence-electron chi connectivity index (χ1n) is 6.41. The maximum Gasteiger partial charge on any atom is 0.134 e. The van der Waals surface area contributed by atoms with Gasteiger partial charge in [0.2, 0.25) is 0 Å². The highest BCUT2D eigenvalue weighted by molar-refractivity contribution is 9.10. The average molecular weight is 309 g/mol. The number of benzene rings is 1. The third-order valence-electron chi connectivity index (χ3n) is 4.62. The molecule has 96 valence electrons. The fraction of sp³-hybridized carbons (Fsp3) is 0.467. The maximum atomic E-state index is 9.97. The van der Waals surface area contributed by atoms with Gasteiger partial charge in [-0.3, -0.25) is 0 Å². The van der Waals surface area contributed by atoms with Gasteiger partial charge in [0.15, 0.2) is 0 Å². The Hall–Kier alpha value is -0.800. The van der Waals surface area contributed by atoms with Crippen LogP contribution in [0.3, 0.4) is 0 Å². The first-order valence-corrected chi connectivity index (χ1v) is 7.21. The summed E-state index contributed by atoms with van der Waals surface area (Å²) in [6, 6.07) is 8.16. The van der Waals surface area contributed by atoms with Crippen LogP contribution in [-0.2, 0) is 0 Å². The summed E-state index contributed by atoms with van der Waals surface area (Å²) >= 11 is 3.47. The molecule has 1 saturated carbocycles. The van der Waals surface area contributed by atoms with E-state index in [1.807, 2.05) is 12.1 Å². The molecule has 2 nitrogen and oxygen atoms in total. The Kier molecular flexibility index (Phi) is 2.79. The summed E-state index contributed by atoms with van der Waals surface area (Å²) in [4.78, 5) is 0. The molecular formula is C15H17BrO2. The Morgan fingerprint density at radius 1 is 1.44 bits per heavy atom. The molecule has 18 heavy (non-hydrogen) atoms. The van der Waals surface area contributed by atoms with E-state index in [9.17, 15) is 5.11 Å². The molecule has 1 aliphatic rings. The second kappa shape index (κ2) is 4.10. The Morgan fingerprint density at radius 2 is 2.22 bits per heavy atom. The lowest BCUT2D eigenvalue weighted by molar-refractivity contribution is -0.0835. The fourth-order valence-corrected chi connectivity index (χ4v) is 3.34. The fourth-order valence-electron chi connectivity index (χ4n) is 2.96. The average Bonchev–Trinajstić information content (AvgIpc) is 2.76. The summed E-state index contributed by atoms with van der Waals surface area (Å²) in [5.74, 6) is 1.35. The van der Waals surface area contributed by atoms with Gasteiger partial charge in [-0.25, -0.2) is 0 Å². The molecule has 0 amide bonds. The zero-order valence-electron chi connectivity index (χ0n) is 10.6. The monoisotopic (exact) mass is 308 g/mol.